The number of nitrogens with zero attached hydrogens (tertiary/aromatic N) is 4. The van der Waals surface area contributed by atoms with Gasteiger partial charge in [0.15, 0.2) is 5.65 Å². The first-order valence-corrected chi connectivity index (χ1v) is 8.66. The van der Waals surface area contributed by atoms with E-state index >= 15 is 0 Å². The number of rotatable bonds is 4. The Hall–Kier alpha value is -3.69. The molecular weight excluding hydrogens is 385 g/mol. The summed E-state index contributed by atoms with van der Waals surface area (Å²) in [5.41, 5.74) is 7.49. The molecule has 1 amide bonds. The van der Waals surface area contributed by atoms with Crippen molar-refractivity contribution in [2.45, 2.75) is 19.5 Å². The van der Waals surface area contributed by atoms with E-state index in [1.54, 1.807) is 0 Å². The molecule has 0 bridgehead atoms. The third kappa shape index (κ3) is 3.22. The van der Waals surface area contributed by atoms with E-state index in [-0.39, 0.29) is 11.4 Å². The summed E-state index contributed by atoms with van der Waals surface area (Å²) in [4.78, 5) is 27.4. The molecule has 0 aliphatic carbocycles. The van der Waals surface area contributed by atoms with E-state index in [0.717, 1.165) is 12.1 Å². The number of nitrogens with two attached hydrogens (primary N) is 1. The zero-order valence-electron chi connectivity index (χ0n) is 15.2. The van der Waals surface area contributed by atoms with Crippen LogP contribution in [-0.2, 0) is 12.6 Å². The van der Waals surface area contributed by atoms with Crippen molar-refractivity contribution in [1.29, 1.82) is 0 Å². The number of nitrogens with one attached hydrogen (secondary N) is 1. The smallest absolute Gasteiger partial charge is 0.364 e. The van der Waals surface area contributed by atoms with Gasteiger partial charge in [0, 0.05) is 17.4 Å². The van der Waals surface area contributed by atoms with Crippen molar-refractivity contribution in [1.82, 2.24) is 24.5 Å². The summed E-state index contributed by atoms with van der Waals surface area (Å²) in [5.74, 6) is -0.775. The van der Waals surface area contributed by atoms with Crippen molar-refractivity contribution in [2.24, 2.45) is 5.73 Å². The third-order valence-corrected chi connectivity index (χ3v) is 4.62. The number of halogens is 3. The molecule has 0 saturated carbocycles. The Morgan fingerprint density at radius 1 is 1.21 bits per heavy atom. The third-order valence-electron chi connectivity index (χ3n) is 4.62. The summed E-state index contributed by atoms with van der Waals surface area (Å²) in [5, 5.41) is 0. The SMILES string of the molecule is CCc1ccc(C(F)(F)F)cc1-n1cc(-c2ncnc3[nH]cnc23)cc1C(N)=O. The highest BCUT2D eigenvalue weighted by Gasteiger charge is 2.31. The fourth-order valence-electron chi connectivity index (χ4n) is 3.22. The van der Waals surface area contributed by atoms with Crippen LogP contribution in [0.5, 0.6) is 0 Å². The lowest BCUT2D eigenvalue weighted by Gasteiger charge is -2.15. The van der Waals surface area contributed by atoms with E-state index in [0.29, 0.717) is 34.4 Å². The fourth-order valence-corrected chi connectivity index (χ4v) is 3.22. The Kier molecular flexibility index (Phi) is 4.33. The van der Waals surface area contributed by atoms with Crippen LogP contribution in [0.2, 0.25) is 0 Å². The van der Waals surface area contributed by atoms with Crippen molar-refractivity contribution < 1.29 is 18.0 Å². The predicted octanol–water partition coefficient (Wildman–Crippen LogP) is 3.49. The van der Waals surface area contributed by atoms with Gasteiger partial charge < -0.3 is 15.3 Å². The summed E-state index contributed by atoms with van der Waals surface area (Å²) in [6.45, 7) is 1.82. The lowest BCUT2D eigenvalue weighted by Crippen LogP contribution is -2.17. The van der Waals surface area contributed by atoms with E-state index in [1.165, 1.54) is 35.6 Å². The summed E-state index contributed by atoms with van der Waals surface area (Å²) in [7, 11) is 0. The molecule has 3 N–H and O–H groups in total. The van der Waals surface area contributed by atoms with Gasteiger partial charge in [0.25, 0.3) is 5.91 Å². The number of aromatic amines is 1. The van der Waals surface area contributed by atoms with Crippen molar-refractivity contribution in [3.05, 3.63) is 59.9 Å². The van der Waals surface area contributed by atoms with Crippen LogP contribution in [0.1, 0.15) is 28.5 Å². The van der Waals surface area contributed by atoms with Gasteiger partial charge in [-0.2, -0.15) is 13.2 Å². The minimum absolute atomic E-state index is 0.0383. The Morgan fingerprint density at radius 3 is 2.69 bits per heavy atom. The molecule has 0 atom stereocenters. The number of aryl methyl sites for hydroxylation is 1. The van der Waals surface area contributed by atoms with Crippen LogP contribution in [0.25, 0.3) is 28.1 Å². The highest BCUT2D eigenvalue weighted by Crippen LogP contribution is 2.34. The summed E-state index contributed by atoms with van der Waals surface area (Å²) < 4.78 is 41.1. The number of H-pyrrole nitrogens is 1. The normalized spacial score (nSPS) is 11.9. The first-order valence-electron chi connectivity index (χ1n) is 8.66. The Balaban J connectivity index is 1.96. The van der Waals surface area contributed by atoms with E-state index < -0.39 is 17.6 Å². The molecule has 4 rings (SSSR count). The van der Waals surface area contributed by atoms with Crippen LogP contribution < -0.4 is 5.73 Å². The van der Waals surface area contributed by atoms with Gasteiger partial charge in [0.1, 0.15) is 23.2 Å². The number of benzene rings is 1. The molecule has 29 heavy (non-hydrogen) atoms. The number of aromatic nitrogens is 5. The zero-order valence-corrected chi connectivity index (χ0v) is 15.2. The standard InChI is InChI=1S/C19H15F3N6O/c1-2-10-3-4-12(19(20,21)22)6-13(10)28-7-11(5-14(28)17(23)29)15-16-18(26-8-24-15)27-9-25-16/h3-9H,2H2,1H3,(H2,23,29)(H,24,25,26,27). The van der Waals surface area contributed by atoms with Crippen LogP contribution in [-0.4, -0.2) is 30.4 Å². The van der Waals surface area contributed by atoms with Gasteiger partial charge in [-0.15, -0.1) is 0 Å². The van der Waals surface area contributed by atoms with Gasteiger partial charge in [0.2, 0.25) is 0 Å². The topological polar surface area (TPSA) is 102 Å². The maximum absolute atomic E-state index is 13.3. The molecule has 3 heterocycles. The van der Waals surface area contributed by atoms with Crippen molar-refractivity contribution >= 4 is 17.1 Å². The number of amides is 1. The average Bonchev–Trinajstić information content (AvgIpc) is 3.33. The minimum Gasteiger partial charge on any atom is -0.364 e. The van der Waals surface area contributed by atoms with Crippen LogP contribution in [0.4, 0.5) is 13.2 Å². The van der Waals surface area contributed by atoms with Gasteiger partial charge >= 0.3 is 6.18 Å². The maximum atomic E-state index is 13.3. The molecule has 0 aliphatic rings. The molecule has 3 aromatic heterocycles. The first kappa shape index (κ1) is 18.7. The van der Waals surface area contributed by atoms with E-state index in [9.17, 15) is 18.0 Å². The minimum atomic E-state index is -4.52. The van der Waals surface area contributed by atoms with E-state index in [4.69, 9.17) is 5.73 Å². The molecule has 0 unspecified atom stereocenters. The number of carbonyl (C=O) groups is 1. The van der Waals surface area contributed by atoms with E-state index in [1.807, 2.05) is 6.92 Å². The Morgan fingerprint density at radius 2 is 2.00 bits per heavy atom. The number of primary amides is 1. The molecule has 0 aliphatic heterocycles. The van der Waals surface area contributed by atoms with Crippen molar-refractivity contribution in [3.63, 3.8) is 0 Å². The number of alkyl halides is 3. The van der Waals surface area contributed by atoms with Crippen LogP contribution in [0.3, 0.4) is 0 Å². The highest BCUT2D eigenvalue weighted by molar-refractivity contribution is 5.95. The van der Waals surface area contributed by atoms with Gasteiger partial charge in [-0.3, -0.25) is 4.79 Å². The van der Waals surface area contributed by atoms with Crippen molar-refractivity contribution in [3.8, 4) is 16.9 Å². The average molecular weight is 400 g/mol. The molecule has 148 valence electrons. The van der Waals surface area contributed by atoms with Gasteiger partial charge in [-0.1, -0.05) is 13.0 Å². The lowest BCUT2D eigenvalue weighted by molar-refractivity contribution is -0.137. The van der Waals surface area contributed by atoms with Crippen LogP contribution in [0.15, 0.2) is 43.1 Å². The monoisotopic (exact) mass is 400 g/mol. The molecule has 1 aromatic carbocycles. The second-order valence-electron chi connectivity index (χ2n) is 6.37. The summed E-state index contributed by atoms with van der Waals surface area (Å²) in [6, 6.07) is 4.92. The molecule has 0 saturated heterocycles. The molecular formula is C19H15F3N6O. The van der Waals surface area contributed by atoms with Crippen LogP contribution >= 0.6 is 0 Å². The first-order chi connectivity index (χ1) is 13.8. The Bertz CT molecular complexity index is 1220. The lowest BCUT2D eigenvalue weighted by atomic mass is 10.1. The number of fused-ring (bicyclic) bond motifs is 1. The number of hydrogen-bond acceptors (Lipinski definition) is 4. The number of imidazole rings is 1. The largest absolute Gasteiger partial charge is 0.416 e. The molecule has 4 aromatic rings. The summed E-state index contributed by atoms with van der Waals surface area (Å²) >= 11 is 0. The second-order valence-corrected chi connectivity index (χ2v) is 6.37. The predicted molar refractivity (Wildman–Crippen MR) is 99.3 cm³/mol. The number of hydrogen-bond donors (Lipinski definition) is 2. The van der Waals surface area contributed by atoms with Gasteiger partial charge in [-0.25, -0.2) is 15.0 Å². The fraction of sp³-hybridized carbons (Fsp3) is 0.158. The molecule has 10 heteroatoms. The van der Waals surface area contributed by atoms with Gasteiger partial charge in [0.05, 0.1) is 11.9 Å². The van der Waals surface area contributed by atoms with Gasteiger partial charge in [-0.05, 0) is 30.2 Å². The van der Waals surface area contributed by atoms with Crippen LogP contribution in [0, 0.1) is 0 Å². The zero-order chi connectivity index (χ0) is 20.8. The maximum Gasteiger partial charge on any atom is 0.416 e. The summed E-state index contributed by atoms with van der Waals surface area (Å²) in [6.07, 6.45) is 0.273. The molecule has 0 spiro atoms. The molecule has 0 fully saturated rings. The highest BCUT2D eigenvalue weighted by atomic mass is 19.4. The number of carbonyl (C=O) groups excluding carboxylic acids is 1. The van der Waals surface area contributed by atoms with Crippen molar-refractivity contribution in [2.75, 3.05) is 0 Å². The Labute approximate surface area is 162 Å². The molecule has 0 radical (unpaired) electrons. The molecule has 7 nitrogen and oxygen atoms in total. The quantitative estimate of drug-likeness (QED) is 0.547. The second kappa shape index (κ2) is 6.73. The van der Waals surface area contributed by atoms with E-state index in [2.05, 4.69) is 19.9 Å².